The Hall–Kier alpha value is -2.90. The zero-order valence-corrected chi connectivity index (χ0v) is 13.9. The highest BCUT2D eigenvalue weighted by Crippen LogP contribution is 2.30. The van der Waals surface area contributed by atoms with E-state index in [1.54, 1.807) is 0 Å². The lowest BCUT2D eigenvalue weighted by molar-refractivity contribution is -0.122. The van der Waals surface area contributed by atoms with Gasteiger partial charge in [-0.3, -0.25) is 4.79 Å². The maximum Gasteiger partial charge on any atom is 0.358 e. The molecule has 1 saturated carbocycles. The van der Waals surface area contributed by atoms with Crippen molar-refractivity contribution in [1.82, 2.24) is 20.3 Å². The van der Waals surface area contributed by atoms with Gasteiger partial charge in [0.25, 0.3) is 0 Å². The van der Waals surface area contributed by atoms with Crippen molar-refractivity contribution in [3.63, 3.8) is 0 Å². The van der Waals surface area contributed by atoms with E-state index in [0.29, 0.717) is 19.1 Å². The van der Waals surface area contributed by atoms with E-state index in [1.807, 2.05) is 25.1 Å². The number of nitrogens with one attached hydrogen (secondary N) is 1. The van der Waals surface area contributed by atoms with Crippen LogP contribution in [0.3, 0.4) is 0 Å². The average molecular weight is 344 g/mol. The molecule has 1 fully saturated rings. The van der Waals surface area contributed by atoms with E-state index in [4.69, 9.17) is 9.84 Å². The van der Waals surface area contributed by atoms with Gasteiger partial charge < -0.3 is 15.2 Å². The molecule has 1 aliphatic carbocycles. The van der Waals surface area contributed by atoms with Crippen LogP contribution in [0.4, 0.5) is 0 Å². The highest BCUT2D eigenvalue weighted by molar-refractivity contribution is 5.84. The zero-order valence-electron chi connectivity index (χ0n) is 13.9. The van der Waals surface area contributed by atoms with Crippen LogP contribution in [0.2, 0.25) is 0 Å². The number of carboxylic acids is 1. The summed E-state index contributed by atoms with van der Waals surface area (Å²) in [6.45, 7) is 2.95. The number of rotatable bonds is 8. The van der Waals surface area contributed by atoms with E-state index < -0.39 is 5.97 Å². The fourth-order valence-corrected chi connectivity index (χ4v) is 2.30. The van der Waals surface area contributed by atoms with Gasteiger partial charge in [0.15, 0.2) is 5.69 Å². The molecule has 132 valence electrons. The lowest BCUT2D eigenvalue weighted by Crippen LogP contribution is -2.27. The van der Waals surface area contributed by atoms with Crippen LogP contribution in [-0.4, -0.2) is 38.6 Å². The molecule has 0 unspecified atom stereocenters. The van der Waals surface area contributed by atoms with Gasteiger partial charge in [-0.05, 0) is 37.3 Å². The molecule has 2 N–H and O–H groups in total. The highest BCUT2D eigenvalue weighted by Gasteiger charge is 2.22. The van der Waals surface area contributed by atoms with Crippen molar-refractivity contribution in [3.8, 4) is 5.75 Å². The Labute approximate surface area is 144 Å². The van der Waals surface area contributed by atoms with Crippen LogP contribution < -0.4 is 10.1 Å². The molecular weight excluding hydrogens is 324 g/mol. The number of aromatic nitrogens is 3. The van der Waals surface area contributed by atoms with Crippen molar-refractivity contribution in [2.45, 2.75) is 32.9 Å². The summed E-state index contributed by atoms with van der Waals surface area (Å²) in [5, 5.41) is 18.7. The SMILES string of the molecule is Cc1ccc(CNC(=O)Cn2cc(C(=O)O)nn2)c(OCC2CC2)c1. The molecule has 0 bridgehead atoms. The van der Waals surface area contributed by atoms with Crippen LogP contribution in [0.1, 0.15) is 34.5 Å². The Morgan fingerprint density at radius 3 is 2.88 bits per heavy atom. The lowest BCUT2D eigenvalue weighted by Gasteiger charge is -2.13. The standard InChI is InChI=1S/C17H20N4O4/c1-11-2-5-13(15(6-11)25-10-12-3-4-12)7-18-16(22)9-21-8-14(17(23)24)19-20-21/h2,5-6,8,12H,3-4,7,9-10H2,1H3,(H,18,22)(H,23,24). The smallest absolute Gasteiger partial charge is 0.358 e. The van der Waals surface area contributed by atoms with Crippen molar-refractivity contribution in [2.75, 3.05) is 6.61 Å². The van der Waals surface area contributed by atoms with Gasteiger partial charge in [-0.2, -0.15) is 0 Å². The van der Waals surface area contributed by atoms with Crippen molar-refractivity contribution < 1.29 is 19.4 Å². The molecule has 1 amide bonds. The minimum Gasteiger partial charge on any atom is -0.493 e. The summed E-state index contributed by atoms with van der Waals surface area (Å²) in [5.41, 5.74) is 1.82. The summed E-state index contributed by atoms with van der Waals surface area (Å²) in [6, 6.07) is 5.89. The van der Waals surface area contributed by atoms with E-state index in [-0.39, 0.29) is 18.1 Å². The monoisotopic (exact) mass is 344 g/mol. The zero-order chi connectivity index (χ0) is 17.8. The maximum absolute atomic E-state index is 12.0. The third-order valence-electron chi connectivity index (χ3n) is 3.93. The number of ether oxygens (including phenoxy) is 1. The van der Waals surface area contributed by atoms with Crippen LogP contribution in [0.25, 0.3) is 0 Å². The first kappa shape index (κ1) is 16.9. The van der Waals surface area contributed by atoms with Gasteiger partial charge >= 0.3 is 5.97 Å². The lowest BCUT2D eigenvalue weighted by atomic mass is 10.1. The molecule has 25 heavy (non-hydrogen) atoms. The molecule has 0 aliphatic heterocycles. The Morgan fingerprint density at radius 2 is 2.20 bits per heavy atom. The number of carboxylic acid groups (broad SMARTS) is 1. The van der Waals surface area contributed by atoms with Gasteiger partial charge in [0.05, 0.1) is 12.8 Å². The van der Waals surface area contributed by atoms with Crippen LogP contribution in [0, 0.1) is 12.8 Å². The molecule has 8 heteroatoms. The van der Waals surface area contributed by atoms with Gasteiger partial charge in [-0.25, -0.2) is 9.48 Å². The first-order valence-corrected chi connectivity index (χ1v) is 8.13. The maximum atomic E-state index is 12.0. The average Bonchev–Trinajstić information content (AvgIpc) is 3.29. The van der Waals surface area contributed by atoms with E-state index in [0.717, 1.165) is 16.9 Å². The summed E-state index contributed by atoms with van der Waals surface area (Å²) in [7, 11) is 0. The van der Waals surface area contributed by atoms with Gasteiger partial charge in [-0.1, -0.05) is 17.3 Å². The van der Waals surface area contributed by atoms with E-state index in [9.17, 15) is 9.59 Å². The van der Waals surface area contributed by atoms with E-state index >= 15 is 0 Å². The molecule has 8 nitrogen and oxygen atoms in total. The molecule has 0 saturated heterocycles. The number of nitrogens with zero attached hydrogens (tertiary/aromatic N) is 3. The fraction of sp³-hybridized carbons (Fsp3) is 0.412. The normalized spacial score (nSPS) is 13.5. The largest absolute Gasteiger partial charge is 0.493 e. The molecule has 1 aromatic heterocycles. The third-order valence-corrected chi connectivity index (χ3v) is 3.93. The summed E-state index contributed by atoms with van der Waals surface area (Å²) in [4.78, 5) is 22.8. The van der Waals surface area contributed by atoms with Gasteiger partial charge in [0.2, 0.25) is 5.91 Å². The van der Waals surface area contributed by atoms with Crippen molar-refractivity contribution in [1.29, 1.82) is 0 Å². The molecule has 1 heterocycles. The van der Waals surface area contributed by atoms with Crippen LogP contribution >= 0.6 is 0 Å². The minimum atomic E-state index is -1.18. The van der Waals surface area contributed by atoms with Crippen LogP contribution in [0.15, 0.2) is 24.4 Å². The minimum absolute atomic E-state index is 0.0929. The number of amides is 1. The highest BCUT2D eigenvalue weighted by atomic mass is 16.5. The molecule has 3 rings (SSSR count). The second-order valence-electron chi connectivity index (χ2n) is 6.25. The Kier molecular flexibility index (Phi) is 4.97. The number of carbonyl (C=O) groups is 2. The second-order valence-corrected chi connectivity index (χ2v) is 6.25. The van der Waals surface area contributed by atoms with Crippen molar-refractivity contribution >= 4 is 11.9 Å². The number of aromatic carboxylic acids is 1. The predicted molar refractivity (Wildman–Crippen MR) is 88.2 cm³/mol. The fourth-order valence-electron chi connectivity index (χ4n) is 2.30. The summed E-state index contributed by atoms with van der Waals surface area (Å²) < 4.78 is 7.07. The van der Waals surface area contributed by atoms with Crippen molar-refractivity contribution in [3.05, 3.63) is 41.2 Å². The molecule has 2 aromatic rings. The third kappa shape index (κ3) is 4.79. The number of hydrogen-bond donors (Lipinski definition) is 2. The molecule has 0 radical (unpaired) electrons. The first-order chi connectivity index (χ1) is 12.0. The quantitative estimate of drug-likeness (QED) is 0.749. The summed E-state index contributed by atoms with van der Waals surface area (Å²) in [5.74, 6) is -0.0147. The van der Waals surface area contributed by atoms with Gasteiger partial charge in [-0.15, -0.1) is 5.10 Å². The van der Waals surface area contributed by atoms with Gasteiger partial charge in [0.1, 0.15) is 12.3 Å². The van der Waals surface area contributed by atoms with Crippen LogP contribution in [-0.2, 0) is 17.9 Å². The molecule has 1 aromatic carbocycles. The van der Waals surface area contributed by atoms with Crippen molar-refractivity contribution in [2.24, 2.45) is 5.92 Å². The Balaban J connectivity index is 1.56. The topological polar surface area (TPSA) is 106 Å². The van der Waals surface area contributed by atoms with E-state index in [2.05, 4.69) is 15.6 Å². The number of aryl methyl sites for hydroxylation is 1. The number of hydrogen-bond acceptors (Lipinski definition) is 5. The first-order valence-electron chi connectivity index (χ1n) is 8.13. The van der Waals surface area contributed by atoms with Gasteiger partial charge in [0, 0.05) is 12.1 Å². The summed E-state index contributed by atoms with van der Waals surface area (Å²) >= 11 is 0. The van der Waals surface area contributed by atoms with Crippen LogP contribution in [0.5, 0.6) is 5.75 Å². The number of benzene rings is 1. The molecule has 0 spiro atoms. The molecule has 1 aliphatic rings. The number of carbonyl (C=O) groups excluding carboxylic acids is 1. The Morgan fingerprint density at radius 1 is 1.40 bits per heavy atom. The van der Waals surface area contributed by atoms with E-state index in [1.165, 1.54) is 23.7 Å². The molecular formula is C17H20N4O4. The molecule has 0 atom stereocenters. The summed E-state index contributed by atoms with van der Waals surface area (Å²) in [6.07, 6.45) is 3.65. The Bertz CT molecular complexity index is 783. The predicted octanol–water partition coefficient (Wildman–Crippen LogP) is 1.39. The second kappa shape index (κ2) is 7.33.